The zero-order valence-corrected chi connectivity index (χ0v) is 14.6. The van der Waals surface area contributed by atoms with Crippen molar-refractivity contribution in [1.29, 1.82) is 0 Å². The Morgan fingerprint density at radius 2 is 1.75 bits per heavy atom. The van der Waals surface area contributed by atoms with Crippen molar-refractivity contribution in [2.24, 2.45) is 5.90 Å². The Balaban J connectivity index is 1.59. The molecule has 0 aliphatic carbocycles. The molecule has 4 rings (SSSR count). The Labute approximate surface area is 159 Å². The fraction of sp³-hybridized carbons (Fsp3) is 0. The predicted octanol–water partition coefficient (Wildman–Crippen LogP) is 2.70. The number of carbonyl (C=O) groups excluding carboxylic acids is 2. The largest absolute Gasteiger partial charge is 0.370 e. The number of nitrogens with two attached hydrogens (primary N) is 1. The van der Waals surface area contributed by atoms with E-state index in [1.807, 2.05) is 18.2 Å². The number of nitrogens with zero attached hydrogens (tertiary/aromatic N) is 3. The molecule has 2 aromatic heterocycles. The topological polar surface area (TPSA) is 112 Å². The molecule has 0 aliphatic heterocycles. The van der Waals surface area contributed by atoms with Gasteiger partial charge < -0.3 is 10.2 Å². The number of benzene rings is 2. The lowest BCUT2D eigenvalue weighted by Gasteiger charge is -2.06. The van der Waals surface area contributed by atoms with Crippen LogP contribution in [0.5, 0.6) is 0 Å². The molecule has 0 spiro atoms. The molecule has 8 nitrogen and oxygen atoms in total. The molecule has 1 amide bonds. The number of fused-ring (bicyclic) bond motifs is 1. The molecule has 0 atom stereocenters. The maximum atomic E-state index is 12.2. The van der Waals surface area contributed by atoms with Crippen LogP contribution in [0.3, 0.4) is 0 Å². The number of rotatable bonds is 4. The molecule has 0 unspecified atom stereocenters. The first kappa shape index (κ1) is 17.4. The van der Waals surface area contributed by atoms with Gasteiger partial charge in [0.2, 0.25) is 0 Å². The molecule has 0 fully saturated rings. The fourth-order valence-corrected chi connectivity index (χ4v) is 2.81. The second-order valence-electron chi connectivity index (χ2n) is 5.96. The highest BCUT2D eigenvalue weighted by atomic mass is 16.7. The van der Waals surface area contributed by atoms with Crippen molar-refractivity contribution < 1.29 is 14.4 Å². The van der Waals surface area contributed by atoms with E-state index in [-0.39, 0.29) is 5.91 Å². The lowest BCUT2D eigenvalue weighted by molar-refractivity contribution is 0.0505. The van der Waals surface area contributed by atoms with Gasteiger partial charge in [-0.15, -0.1) is 0 Å². The molecule has 3 N–H and O–H groups in total. The van der Waals surface area contributed by atoms with Crippen LogP contribution in [0.1, 0.15) is 20.7 Å². The molecule has 4 aromatic rings. The van der Waals surface area contributed by atoms with Crippen molar-refractivity contribution in [2.45, 2.75) is 0 Å². The molecule has 28 heavy (non-hydrogen) atoms. The second-order valence-corrected chi connectivity index (χ2v) is 5.96. The maximum Gasteiger partial charge on any atom is 0.358 e. The highest BCUT2D eigenvalue weighted by molar-refractivity contribution is 6.04. The molecule has 0 bridgehead atoms. The van der Waals surface area contributed by atoms with Crippen molar-refractivity contribution in [2.75, 3.05) is 5.32 Å². The number of carbonyl (C=O) groups is 2. The highest BCUT2D eigenvalue weighted by Gasteiger charge is 2.14. The number of hydrogen-bond acceptors (Lipinski definition) is 6. The van der Waals surface area contributed by atoms with Crippen LogP contribution in [0.4, 0.5) is 5.69 Å². The van der Waals surface area contributed by atoms with Gasteiger partial charge in [0.05, 0.1) is 11.3 Å². The Bertz CT molecular complexity index is 1150. The number of aromatic nitrogens is 3. The SMILES string of the molecule is NOC(=O)c1cccc2cn(-c3ccc(NC(=O)c4ccncc4)cc3)nc12. The van der Waals surface area contributed by atoms with Gasteiger partial charge in [-0.25, -0.2) is 9.48 Å². The Morgan fingerprint density at radius 1 is 1.00 bits per heavy atom. The van der Waals surface area contributed by atoms with E-state index < -0.39 is 5.97 Å². The highest BCUT2D eigenvalue weighted by Crippen LogP contribution is 2.21. The first-order chi connectivity index (χ1) is 13.7. The normalized spacial score (nSPS) is 10.6. The third kappa shape index (κ3) is 3.31. The fourth-order valence-electron chi connectivity index (χ4n) is 2.81. The van der Waals surface area contributed by atoms with Gasteiger partial charge in [-0.2, -0.15) is 11.0 Å². The third-order valence-electron chi connectivity index (χ3n) is 4.20. The maximum absolute atomic E-state index is 12.2. The predicted molar refractivity (Wildman–Crippen MR) is 103 cm³/mol. The second kappa shape index (κ2) is 7.29. The van der Waals surface area contributed by atoms with Gasteiger partial charge in [-0.3, -0.25) is 9.78 Å². The molecule has 2 aromatic carbocycles. The number of amides is 1. The third-order valence-corrected chi connectivity index (χ3v) is 4.20. The van der Waals surface area contributed by atoms with E-state index in [2.05, 4.69) is 20.2 Å². The minimum Gasteiger partial charge on any atom is -0.370 e. The summed E-state index contributed by atoms with van der Waals surface area (Å²) in [4.78, 5) is 32.2. The summed E-state index contributed by atoms with van der Waals surface area (Å²) in [7, 11) is 0. The van der Waals surface area contributed by atoms with E-state index in [0.717, 1.165) is 11.1 Å². The summed E-state index contributed by atoms with van der Waals surface area (Å²) in [5, 5.41) is 8.06. The Kier molecular flexibility index (Phi) is 4.53. The van der Waals surface area contributed by atoms with E-state index in [1.165, 1.54) is 0 Å². The van der Waals surface area contributed by atoms with Crippen LogP contribution in [0.2, 0.25) is 0 Å². The van der Waals surface area contributed by atoms with E-state index >= 15 is 0 Å². The molecule has 0 saturated carbocycles. The quantitative estimate of drug-likeness (QED) is 0.532. The first-order valence-electron chi connectivity index (χ1n) is 8.37. The molecule has 8 heteroatoms. The molecule has 138 valence electrons. The van der Waals surface area contributed by atoms with Gasteiger partial charge in [0.15, 0.2) is 0 Å². The average Bonchev–Trinajstić information content (AvgIpc) is 3.18. The molecule has 2 heterocycles. The monoisotopic (exact) mass is 373 g/mol. The van der Waals surface area contributed by atoms with Crippen molar-refractivity contribution >= 4 is 28.5 Å². The van der Waals surface area contributed by atoms with Crippen LogP contribution < -0.4 is 11.2 Å². The van der Waals surface area contributed by atoms with Gasteiger partial charge in [0.25, 0.3) is 5.91 Å². The summed E-state index contributed by atoms with van der Waals surface area (Å²) in [6.45, 7) is 0. The zero-order chi connectivity index (χ0) is 19.5. The first-order valence-corrected chi connectivity index (χ1v) is 8.37. The van der Waals surface area contributed by atoms with Crippen molar-refractivity contribution in [1.82, 2.24) is 14.8 Å². The van der Waals surface area contributed by atoms with Gasteiger partial charge in [-0.05, 0) is 42.5 Å². The van der Waals surface area contributed by atoms with Crippen LogP contribution in [0.15, 0.2) is 73.2 Å². The molecule has 0 saturated heterocycles. The van der Waals surface area contributed by atoms with E-state index in [0.29, 0.717) is 22.3 Å². The van der Waals surface area contributed by atoms with Crippen LogP contribution in [0, 0.1) is 0 Å². The average molecular weight is 373 g/mol. The van der Waals surface area contributed by atoms with Crippen LogP contribution in [0.25, 0.3) is 16.6 Å². The van der Waals surface area contributed by atoms with Crippen LogP contribution in [-0.2, 0) is 4.84 Å². The lowest BCUT2D eigenvalue weighted by atomic mass is 10.1. The van der Waals surface area contributed by atoms with Crippen LogP contribution in [-0.4, -0.2) is 26.6 Å². The van der Waals surface area contributed by atoms with Crippen molar-refractivity contribution in [3.8, 4) is 5.69 Å². The van der Waals surface area contributed by atoms with E-state index in [9.17, 15) is 9.59 Å². The van der Waals surface area contributed by atoms with Gasteiger partial charge in [0, 0.05) is 35.2 Å². The van der Waals surface area contributed by atoms with Crippen molar-refractivity contribution in [3.63, 3.8) is 0 Å². The number of pyridine rings is 1. The molecule has 0 radical (unpaired) electrons. The minimum atomic E-state index is -0.648. The summed E-state index contributed by atoms with van der Waals surface area (Å²) in [6.07, 6.45) is 4.93. The molecule has 0 aliphatic rings. The van der Waals surface area contributed by atoms with E-state index in [1.54, 1.807) is 59.7 Å². The molecular weight excluding hydrogens is 358 g/mol. The summed E-state index contributed by atoms with van der Waals surface area (Å²) in [5.41, 5.74) is 2.73. The summed E-state index contributed by atoms with van der Waals surface area (Å²) < 4.78 is 1.65. The van der Waals surface area contributed by atoms with Gasteiger partial charge in [-0.1, -0.05) is 12.1 Å². The Morgan fingerprint density at radius 3 is 2.46 bits per heavy atom. The van der Waals surface area contributed by atoms with Crippen molar-refractivity contribution in [3.05, 3.63) is 84.3 Å². The standard InChI is InChI=1S/C20H15N5O3/c21-28-20(27)17-3-1-2-14-12-25(24-18(14)17)16-6-4-15(5-7-16)23-19(26)13-8-10-22-11-9-13/h1-12H,21H2,(H,23,26). The number of anilines is 1. The summed E-state index contributed by atoms with van der Waals surface area (Å²) in [6, 6.07) is 15.6. The van der Waals surface area contributed by atoms with Gasteiger partial charge >= 0.3 is 5.97 Å². The summed E-state index contributed by atoms with van der Waals surface area (Å²) >= 11 is 0. The van der Waals surface area contributed by atoms with Crippen LogP contribution >= 0.6 is 0 Å². The Hall–Kier alpha value is -4.04. The smallest absolute Gasteiger partial charge is 0.358 e. The molecular formula is C20H15N5O3. The lowest BCUT2D eigenvalue weighted by Crippen LogP contribution is -2.11. The van der Waals surface area contributed by atoms with E-state index in [4.69, 9.17) is 5.90 Å². The zero-order valence-electron chi connectivity index (χ0n) is 14.6. The number of hydrogen-bond donors (Lipinski definition) is 2. The summed E-state index contributed by atoms with van der Waals surface area (Å²) in [5.74, 6) is 4.12. The van der Waals surface area contributed by atoms with Gasteiger partial charge in [0.1, 0.15) is 5.52 Å². The number of nitrogens with one attached hydrogen (secondary N) is 1. The minimum absolute atomic E-state index is 0.218.